The van der Waals surface area contributed by atoms with Crippen LogP contribution in [0.5, 0.6) is 0 Å². The number of carbonyl (C=O) groups is 1. The first-order valence-corrected chi connectivity index (χ1v) is 3.94. The number of ketones is 1. The summed E-state index contributed by atoms with van der Waals surface area (Å²) in [7, 11) is 0. The zero-order valence-electron chi connectivity index (χ0n) is 7.12. The van der Waals surface area contributed by atoms with Crippen molar-refractivity contribution in [2.24, 2.45) is 0 Å². The van der Waals surface area contributed by atoms with Crippen molar-refractivity contribution in [3.63, 3.8) is 0 Å². The molecule has 0 aromatic heterocycles. The van der Waals surface area contributed by atoms with Gasteiger partial charge in [-0.2, -0.15) is 0 Å². The van der Waals surface area contributed by atoms with Crippen molar-refractivity contribution in [1.29, 1.82) is 0 Å². The highest BCUT2D eigenvalue weighted by Crippen LogP contribution is 2.03. The third kappa shape index (κ3) is 2.54. The van der Waals surface area contributed by atoms with Crippen molar-refractivity contribution in [3.8, 4) is 0 Å². The molecule has 4 nitrogen and oxygen atoms in total. The SMILES string of the molecule is CC(=O)/C=C(\O)N1CCOCC1. The molecule has 1 fully saturated rings. The number of aliphatic hydroxyl groups is 1. The van der Waals surface area contributed by atoms with E-state index >= 15 is 0 Å². The van der Waals surface area contributed by atoms with E-state index in [4.69, 9.17) is 4.74 Å². The minimum absolute atomic E-state index is 0.0470. The summed E-state index contributed by atoms with van der Waals surface area (Å²) in [6.45, 7) is 3.92. The Morgan fingerprint density at radius 1 is 1.50 bits per heavy atom. The fraction of sp³-hybridized carbons (Fsp3) is 0.625. The Kier molecular flexibility index (Phi) is 3.10. The molecule has 0 unspecified atom stereocenters. The van der Waals surface area contributed by atoms with Gasteiger partial charge in [-0.25, -0.2) is 0 Å². The molecule has 0 aromatic rings. The molecule has 12 heavy (non-hydrogen) atoms. The van der Waals surface area contributed by atoms with Crippen molar-refractivity contribution < 1.29 is 14.6 Å². The predicted octanol–water partition coefficient (Wildman–Crippen LogP) is 0.307. The molecule has 0 amide bonds. The molecule has 1 rings (SSSR count). The standard InChI is InChI=1S/C8H13NO3/c1-7(10)6-8(11)9-2-4-12-5-3-9/h6,11H,2-5H2,1H3/b8-6-. The van der Waals surface area contributed by atoms with Crippen LogP contribution < -0.4 is 0 Å². The van der Waals surface area contributed by atoms with Crippen LogP contribution in [0.15, 0.2) is 12.0 Å². The number of nitrogens with zero attached hydrogens (tertiary/aromatic N) is 1. The summed E-state index contributed by atoms with van der Waals surface area (Å²) in [5.74, 6) is -0.0928. The molecule has 1 heterocycles. The largest absolute Gasteiger partial charge is 0.495 e. The molecule has 4 heteroatoms. The van der Waals surface area contributed by atoms with Gasteiger partial charge in [0.1, 0.15) is 0 Å². The molecule has 0 radical (unpaired) electrons. The third-order valence-corrected chi connectivity index (χ3v) is 1.67. The van der Waals surface area contributed by atoms with E-state index in [0.717, 1.165) is 0 Å². The monoisotopic (exact) mass is 171 g/mol. The summed E-state index contributed by atoms with van der Waals surface area (Å²) in [4.78, 5) is 12.3. The number of allylic oxidation sites excluding steroid dienone is 1. The average molecular weight is 171 g/mol. The van der Waals surface area contributed by atoms with Gasteiger partial charge in [0, 0.05) is 19.2 Å². The van der Waals surface area contributed by atoms with E-state index in [1.165, 1.54) is 13.0 Å². The van der Waals surface area contributed by atoms with Crippen LogP contribution in [0, 0.1) is 0 Å². The van der Waals surface area contributed by atoms with Crippen molar-refractivity contribution in [3.05, 3.63) is 12.0 Å². The van der Waals surface area contributed by atoms with E-state index in [1.54, 1.807) is 4.90 Å². The van der Waals surface area contributed by atoms with Crippen molar-refractivity contribution in [2.75, 3.05) is 26.3 Å². The molecule has 0 spiro atoms. The number of carbonyl (C=O) groups excluding carboxylic acids is 1. The lowest BCUT2D eigenvalue weighted by atomic mass is 10.3. The molecule has 0 bridgehead atoms. The molecule has 0 atom stereocenters. The highest BCUT2D eigenvalue weighted by atomic mass is 16.5. The zero-order chi connectivity index (χ0) is 8.97. The fourth-order valence-corrected chi connectivity index (χ4v) is 1.07. The fourth-order valence-electron chi connectivity index (χ4n) is 1.07. The zero-order valence-corrected chi connectivity index (χ0v) is 7.12. The number of hydrogen-bond donors (Lipinski definition) is 1. The molecular formula is C8H13NO3. The minimum atomic E-state index is -0.140. The van der Waals surface area contributed by atoms with Gasteiger partial charge in [0.15, 0.2) is 11.7 Å². The predicted molar refractivity (Wildman–Crippen MR) is 43.8 cm³/mol. The second kappa shape index (κ2) is 4.11. The normalized spacial score (nSPS) is 19.4. The van der Waals surface area contributed by atoms with E-state index < -0.39 is 0 Å². The second-order valence-electron chi connectivity index (χ2n) is 2.71. The molecule has 1 aliphatic heterocycles. The third-order valence-electron chi connectivity index (χ3n) is 1.67. The Balaban J connectivity index is 2.49. The number of aliphatic hydroxyl groups excluding tert-OH is 1. The summed E-state index contributed by atoms with van der Waals surface area (Å²) < 4.78 is 5.09. The summed E-state index contributed by atoms with van der Waals surface area (Å²) in [5.41, 5.74) is 0. The molecular weight excluding hydrogens is 158 g/mol. The topological polar surface area (TPSA) is 49.8 Å². The van der Waals surface area contributed by atoms with Crippen LogP contribution >= 0.6 is 0 Å². The van der Waals surface area contributed by atoms with Crippen LogP contribution in [0.2, 0.25) is 0 Å². The molecule has 68 valence electrons. The van der Waals surface area contributed by atoms with Gasteiger partial charge in [-0.05, 0) is 6.92 Å². The molecule has 1 N–H and O–H groups in total. The second-order valence-corrected chi connectivity index (χ2v) is 2.71. The number of hydrogen-bond acceptors (Lipinski definition) is 4. The van der Waals surface area contributed by atoms with Crippen LogP contribution in [-0.4, -0.2) is 42.1 Å². The maximum absolute atomic E-state index is 10.6. The first-order valence-electron chi connectivity index (χ1n) is 3.94. The highest BCUT2D eigenvalue weighted by molar-refractivity contribution is 5.87. The maximum Gasteiger partial charge on any atom is 0.190 e. The van der Waals surface area contributed by atoms with Gasteiger partial charge in [-0.15, -0.1) is 0 Å². The Morgan fingerprint density at radius 3 is 2.58 bits per heavy atom. The van der Waals surface area contributed by atoms with E-state index in [1.807, 2.05) is 0 Å². The van der Waals surface area contributed by atoms with E-state index in [2.05, 4.69) is 0 Å². The average Bonchev–Trinajstić information content (AvgIpc) is 2.05. The van der Waals surface area contributed by atoms with Gasteiger partial charge in [-0.1, -0.05) is 0 Å². The van der Waals surface area contributed by atoms with Crippen molar-refractivity contribution in [1.82, 2.24) is 4.90 Å². The molecule has 0 aliphatic carbocycles. The first kappa shape index (κ1) is 9.06. The molecule has 0 saturated carbocycles. The smallest absolute Gasteiger partial charge is 0.190 e. The Morgan fingerprint density at radius 2 is 2.08 bits per heavy atom. The van der Waals surface area contributed by atoms with Gasteiger partial charge in [0.05, 0.1) is 13.2 Å². The van der Waals surface area contributed by atoms with Crippen LogP contribution in [0.1, 0.15) is 6.92 Å². The van der Waals surface area contributed by atoms with Crippen molar-refractivity contribution in [2.45, 2.75) is 6.92 Å². The number of ether oxygens (including phenoxy) is 1. The molecule has 1 aliphatic rings. The van der Waals surface area contributed by atoms with Gasteiger partial charge in [0.2, 0.25) is 0 Å². The van der Waals surface area contributed by atoms with Gasteiger partial charge < -0.3 is 14.7 Å². The van der Waals surface area contributed by atoms with E-state index in [9.17, 15) is 9.90 Å². The van der Waals surface area contributed by atoms with Crippen LogP contribution in [0.4, 0.5) is 0 Å². The lowest BCUT2D eigenvalue weighted by Crippen LogP contribution is -2.35. The molecule has 0 aromatic carbocycles. The summed E-state index contributed by atoms with van der Waals surface area (Å²) >= 11 is 0. The van der Waals surface area contributed by atoms with Gasteiger partial charge in [0.25, 0.3) is 0 Å². The quantitative estimate of drug-likeness (QED) is 0.480. The Labute approximate surface area is 71.4 Å². The summed E-state index contributed by atoms with van der Waals surface area (Å²) in [6.07, 6.45) is 1.23. The number of morpholine rings is 1. The lowest BCUT2D eigenvalue weighted by molar-refractivity contribution is -0.113. The van der Waals surface area contributed by atoms with Gasteiger partial charge >= 0.3 is 0 Å². The van der Waals surface area contributed by atoms with Crippen molar-refractivity contribution >= 4 is 5.78 Å². The van der Waals surface area contributed by atoms with E-state index in [0.29, 0.717) is 26.3 Å². The summed E-state index contributed by atoms with van der Waals surface area (Å²) in [6, 6.07) is 0. The highest BCUT2D eigenvalue weighted by Gasteiger charge is 2.12. The maximum atomic E-state index is 10.6. The van der Waals surface area contributed by atoms with Crippen LogP contribution in [0.25, 0.3) is 0 Å². The Bertz CT molecular complexity index is 194. The van der Waals surface area contributed by atoms with Gasteiger partial charge in [-0.3, -0.25) is 4.79 Å². The number of rotatable bonds is 2. The first-order chi connectivity index (χ1) is 5.70. The van der Waals surface area contributed by atoms with Crippen LogP contribution in [0.3, 0.4) is 0 Å². The minimum Gasteiger partial charge on any atom is -0.495 e. The summed E-state index contributed by atoms with van der Waals surface area (Å²) in [5, 5.41) is 9.36. The lowest BCUT2D eigenvalue weighted by Gasteiger charge is -2.27. The van der Waals surface area contributed by atoms with Crippen LogP contribution in [-0.2, 0) is 9.53 Å². The Hall–Kier alpha value is -1.03. The molecule has 1 saturated heterocycles. The van der Waals surface area contributed by atoms with E-state index in [-0.39, 0.29) is 11.7 Å².